The van der Waals surface area contributed by atoms with E-state index >= 15 is 0 Å². The normalized spacial score (nSPS) is 13.2. The van der Waals surface area contributed by atoms with Crippen LogP contribution in [0.25, 0.3) is 4.96 Å². The molecule has 1 aromatic carbocycles. The van der Waals surface area contributed by atoms with Gasteiger partial charge in [0.25, 0.3) is 0 Å². The summed E-state index contributed by atoms with van der Waals surface area (Å²) < 4.78 is 13.1. The van der Waals surface area contributed by atoms with E-state index in [0.717, 1.165) is 40.8 Å². The van der Waals surface area contributed by atoms with Gasteiger partial charge in [-0.1, -0.05) is 12.1 Å². The van der Waals surface area contributed by atoms with Crippen LogP contribution in [-0.4, -0.2) is 16.2 Å². The second kappa shape index (κ2) is 5.05. The minimum Gasteiger partial charge on any atom is -0.454 e. The Morgan fingerprint density at radius 2 is 2.29 bits per heavy atom. The second-order valence-electron chi connectivity index (χ2n) is 4.95. The maximum atomic E-state index is 5.52. The highest BCUT2D eigenvalue weighted by Gasteiger charge is 2.17. The summed E-state index contributed by atoms with van der Waals surface area (Å²) in [6, 6.07) is 5.98. The van der Waals surface area contributed by atoms with Crippen molar-refractivity contribution in [2.45, 2.75) is 20.0 Å². The maximum absolute atomic E-state index is 5.52. The summed E-state index contributed by atoms with van der Waals surface area (Å²) in [5.41, 5.74) is 3.40. The van der Waals surface area contributed by atoms with Gasteiger partial charge in [0.15, 0.2) is 16.5 Å². The first-order valence-electron chi connectivity index (χ1n) is 6.82. The zero-order valence-electron chi connectivity index (χ0n) is 11.6. The van der Waals surface area contributed by atoms with Gasteiger partial charge >= 0.3 is 0 Å². The molecule has 0 radical (unpaired) electrons. The zero-order valence-corrected chi connectivity index (χ0v) is 12.4. The Bertz CT molecular complexity index is 793. The van der Waals surface area contributed by atoms with E-state index in [9.17, 15) is 0 Å². The average Bonchev–Trinajstić information content (AvgIpc) is 3.16. The van der Waals surface area contributed by atoms with Crippen molar-refractivity contribution >= 4 is 16.3 Å². The molecule has 2 aromatic heterocycles. The van der Waals surface area contributed by atoms with Crippen LogP contribution in [0.15, 0.2) is 29.8 Å². The highest BCUT2D eigenvalue weighted by Crippen LogP contribution is 2.35. The number of aryl methyl sites for hydroxylation is 1. The summed E-state index contributed by atoms with van der Waals surface area (Å²) in [5.74, 6) is 1.69. The van der Waals surface area contributed by atoms with Gasteiger partial charge in [-0.05, 0) is 13.0 Å². The summed E-state index contributed by atoms with van der Waals surface area (Å²) in [5, 5.41) is 5.52. The zero-order chi connectivity index (χ0) is 14.2. The number of ether oxygens (including phenoxy) is 2. The Labute approximate surface area is 126 Å². The monoisotopic (exact) mass is 301 g/mol. The Balaban J connectivity index is 1.50. The molecular formula is C15H15N3O2S. The molecule has 1 N–H and O–H groups in total. The fourth-order valence-electron chi connectivity index (χ4n) is 2.60. The molecule has 6 heteroatoms. The van der Waals surface area contributed by atoms with Gasteiger partial charge in [0.1, 0.15) is 0 Å². The molecule has 4 rings (SSSR count). The highest BCUT2D eigenvalue weighted by molar-refractivity contribution is 7.15. The average molecular weight is 301 g/mol. The van der Waals surface area contributed by atoms with Gasteiger partial charge in [0.05, 0.1) is 11.4 Å². The molecule has 1 aliphatic heterocycles. The third-order valence-electron chi connectivity index (χ3n) is 3.65. The lowest BCUT2D eigenvalue weighted by atomic mass is 10.2. The fourth-order valence-corrected chi connectivity index (χ4v) is 3.38. The van der Waals surface area contributed by atoms with E-state index in [4.69, 9.17) is 9.47 Å². The van der Waals surface area contributed by atoms with Crippen LogP contribution >= 0.6 is 11.3 Å². The predicted octanol–water partition coefficient (Wildman–Crippen LogP) is 2.72. The third-order valence-corrected chi connectivity index (χ3v) is 4.40. The number of aromatic nitrogens is 2. The fraction of sp³-hybridized carbons (Fsp3) is 0.267. The molecule has 0 spiro atoms. The molecule has 0 atom stereocenters. The number of imidazole rings is 1. The number of hydrogen-bond donors (Lipinski definition) is 1. The van der Waals surface area contributed by atoms with Crippen molar-refractivity contribution in [1.29, 1.82) is 0 Å². The van der Waals surface area contributed by atoms with E-state index in [0.29, 0.717) is 6.79 Å². The molecule has 3 aromatic rings. The summed E-state index contributed by atoms with van der Waals surface area (Å²) in [4.78, 5) is 5.60. The lowest BCUT2D eigenvalue weighted by Crippen LogP contribution is -2.15. The quantitative estimate of drug-likeness (QED) is 0.805. The van der Waals surface area contributed by atoms with Crippen LogP contribution < -0.4 is 14.8 Å². The van der Waals surface area contributed by atoms with Crippen molar-refractivity contribution in [2.24, 2.45) is 0 Å². The van der Waals surface area contributed by atoms with Crippen molar-refractivity contribution in [3.63, 3.8) is 0 Å². The van der Waals surface area contributed by atoms with Gasteiger partial charge in [-0.3, -0.25) is 4.40 Å². The number of para-hydroxylation sites is 1. The van der Waals surface area contributed by atoms with Crippen LogP contribution in [0.3, 0.4) is 0 Å². The molecule has 0 amide bonds. The summed E-state index contributed by atoms with van der Waals surface area (Å²) in [6.07, 6.45) is 2.06. The molecular weight excluding hydrogens is 286 g/mol. The summed E-state index contributed by atoms with van der Waals surface area (Å²) in [6.45, 7) is 3.87. The van der Waals surface area contributed by atoms with Gasteiger partial charge in [0, 0.05) is 30.2 Å². The number of hydrogen-bond acceptors (Lipinski definition) is 5. The van der Waals surface area contributed by atoms with Gasteiger partial charge in [-0.2, -0.15) is 0 Å². The van der Waals surface area contributed by atoms with Crippen LogP contribution in [0.5, 0.6) is 11.5 Å². The van der Waals surface area contributed by atoms with Crippen LogP contribution in [0.4, 0.5) is 0 Å². The van der Waals surface area contributed by atoms with Crippen LogP contribution in [0.2, 0.25) is 0 Å². The van der Waals surface area contributed by atoms with E-state index in [1.165, 1.54) is 5.69 Å². The molecule has 0 fully saturated rings. The topological polar surface area (TPSA) is 47.8 Å². The lowest BCUT2D eigenvalue weighted by Gasteiger charge is -2.08. The first kappa shape index (κ1) is 12.7. The molecule has 1 aliphatic rings. The van der Waals surface area contributed by atoms with E-state index in [1.54, 1.807) is 11.3 Å². The Morgan fingerprint density at radius 1 is 1.33 bits per heavy atom. The standard InChI is InChI=1S/C15H15N3O2S/c1-10-12(18-5-6-21-15(18)17-10)8-16-7-11-3-2-4-13-14(11)20-9-19-13/h2-6,16H,7-9H2,1H3. The molecule has 0 saturated carbocycles. The van der Waals surface area contributed by atoms with E-state index in [2.05, 4.69) is 32.3 Å². The minimum atomic E-state index is 0.309. The van der Waals surface area contributed by atoms with Crippen LogP contribution in [0.1, 0.15) is 17.0 Å². The van der Waals surface area contributed by atoms with Crippen LogP contribution in [0, 0.1) is 6.92 Å². The highest BCUT2D eigenvalue weighted by atomic mass is 32.1. The summed E-state index contributed by atoms with van der Waals surface area (Å²) >= 11 is 1.66. The molecule has 108 valence electrons. The Hall–Kier alpha value is -2.05. The summed E-state index contributed by atoms with van der Waals surface area (Å²) in [7, 11) is 0. The smallest absolute Gasteiger partial charge is 0.231 e. The SMILES string of the molecule is Cc1nc2sccn2c1CNCc1cccc2c1OCO2. The molecule has 21 heavy (non-hydrogen) atoms. The molecule has 3 heterocycles. The largest absolute Gasteiger partial charge is 0.454 e. The van der Waals surface area contributed by atoms with Crippen molar-refractivity contribution in [1.82, 2.24) is 14.7 Å². The first-order valence-corrected chi connectivity index (χ1v) is 7.70. The van der Waals surface area contributed by atoms with Gasteiger partial charge in [-0.25, -0.2) is 4.98 Å². The molecule has 0 aliphatic carbocycles. The predicted molar refractivity (Wildman–Crippen MR) is 80.9 cm³/mol. The van der Waals surface area contributed by atoms with Crippen molar-refractivity contribution in [3.05, 3.63) is 46.7 Å². The number of rotatable bonds is 4. The van der Waals surface area contributed by atoms with E-state index in [1.807, 2.05) is 19.1 Å². The molecule has 5 nitrogen and oxygen atoms in total. The van der Waals surface area contributed by atoms with Crippen molar-refractivity contribution in [2.75, 3.05) is 6.79 Å². The lowest BCUT2D eigenvalue weighted by molar-refractivity contribution is 0.173. The number of nitrogens with zero attached hydrogens (tertiary/aromatic N) is 2. The van der Waals surface area contributed by atoms with Crippen molar-refractivity contribution < 1.29 is 9.47 Å². The number of benzene rings is 1. The van der Waals surface area contributed by atoms with E-state index in [-0.39, 0.29) is 0 Å². The van der Waals surface area contributed by atoms with Crippen LogP contribution in [-0.2, 0) is 13.1 Å². The number of fused-ring (bicyclic) bond motifs is 2. The molecule has 0 unspecified atom stereocenters. The third kappa shape index (κ3) is 2.16. The van der Waals surface area contributed by atoms with Gasteiger partial charge < -0.3 is 14.8 Å². The maximum Gasteiger partial charge on any atom is 0.231 e. The Kier molecular flexibility index (Phi) is 3.05. The second-order valence-corrected chi connectivity index (χ2v) is 5.83. The minimum absolute atomic E-state index is 0.309. The van der Waals surface area contributed by atoms with Crippen molar-refractivity contribution in [3.8, 4) is 11.5 Å². The van der Waals surface area contributed by atoms with Gasteiger partial charge in [-0.15, -0.1) is 11.3 Å². The van der Waals surface area contributed by atoms with E-state index < -0.39 is 0 Å². The number of thiazole rings is 1. The molecule has 0 saturated heterocycles. The first-order chi connectivity index (χ1) is 10.3. The number of nitrogens with one attached hydrogen (secondary N) is 1. The molecule has 0 bridgehead atoms. The van der Waals surface area contributed by atoms with Gasteiger partial charge in [0.2, 0.25) is 6.79 Å². The Morgan fingerprint density at radius 3 is 3.24 bits per heavy atom.